The molecule has 0 heterocycles. The van der Waals surface area contributed by atoms with E-state index in [0.717, 1.165) is 19.3 Å². The van der Waals surface area contributed by atoms with Gasteiger partial charge in [-0.3, -0.25) is 4.79 Å². The summed E-state index contributed by atoms with van der Waals surface area (Å²) >= 11 is 0. The maximum atomic E-state index is 11.9. The number of hydrogen-bond donors (Lipinski definition) is 0. The summed E-state index contributed by atoms with van der Waals surface area (Å²) in [6.07, 6.45) is 9.42. The van der Waals surface area contributed by atoms with Crippen molar-refractivity contribution in [3.8, 4) is 0 Å². The average molecular weight is 322 g/mol. The monoisotopic (exact) mass is 322 g/mol. The Morgan fingerprint density at radius 3 is 2.05 bits per heavy atom. The number of ether oxygens (including phenoxy) is 1. The quantitative estimate of drug-likeness (QED) is 0.237. The van der Waals surface area contributed by atoms with Gasteiger partial charge >= 0.3 is 12.1 Å². The molecule has 0 fully saturated rings. The van der Waals surface area contributed by atoms with Crippen molar-refractivity contribution in [2.45, 2.75) is 83.7 Å². The standard InChI is InChI=1S/C17H29F3O2/c1-2-3-4-5-6-7-8-9-10-11-12-13-14-22-16(21)15-17(18,19)20/h9-10H,2-8,11-15H2,1H3/b10-9+. The molecular formula is C17H29F3O2. The first-order valence-electron chi connectivity index (χ1n) is 8.33. The summed E-state index contributed by atoms with van der Waals surface area (Å²) < 4.78 is 40.1. The molecule has 0 rings (SSSR count). The summed E-state index contributed by atoms with van der Waals surface area (Å²) in [7, 11) is 0. The number of hydrogen-bond acceptors (Lipinski definition) is 2. The maximum absolute atomic E-state index is 11.9. The zero-order valence-corrected chi connectivity index (χ0v) is 13.6. The zero-order valence-electron chi connectivity index (χ0n) is 13.6. The Bertz CT molecular complexity index is 299. The van der Waals surface area contributed by atoms with Crippen LogP contribution in [-0.2, 0) is 9.53 Å². The van der Waals surface area contributed by atoms with Gasteiger partial charge in [-0.1, -0.05) is 51.2 Å². The lowest BCUT2D eigenvalue weighted by atomic mass is 10.1. The number of allylic oxidation sites excluding steroid dienone is 2. The molecule has 0 aromatic carbocycles. The lowest BCUT2D eigenvalue weighted by molar-refractivity contribution is -0.171. The summed E-state index contributed by atoms with van der Waals surface area (Å²) in [6.45, 7) is 2.28. The minimum absolute atomic E-state index is 0.0696. The van der Waals surface area contributed by atoms with Crippen LogP contribution in [-0.4, -0.2) is 18.8 Å². The van der Waals surface area contributed by atoms with E-state index in [1.54, 1.807) is 0 Å². The number of alkyl halides is 3. The van der Waals surface area contributed by atoms with Crippen LogP contribution in [0.5, 0.6) is 0 Å². The van der Waals surface area contributed by atoms with Crippen molar-refractivity contribution in [1.82, 2.24) is 0 Å². The number of unbranched alkanes of at least 4 members (excludes halogenated alkanes) is 8. The van der Waals surface area contributed by atoms with E-state index in [2.05, 4.69) is 23.8 Å². The predicted octanol–water partition coefficient (Wildman–Crippen LogP) is 5.96. The third kappa shape index (κ3) is 17.1. The number of esters is 1. The summed E-state index contributed by atoms with van der Waals surface area (Å²) in [6, 6.07) is 0. The molecule has 0 saturated heterocycles. The first-order valence-corrected chi connectivity index (χ1v) is 8.33. The lowest BCUT2D eigenvalue weighted by Crippen LogP contribution is -2.17. The van der Waals surface area contributed by atoms with Crippen molar-refractivity contribution >= 4 is 5.97 Å². The Hall–Kier alpha value is -1.00. The highest BCUT2D eigenvalue weighted by molar-refractivity contribution is 5.70. The van der Waals surface area contributed by atoms with Crippen LogP contribution < -0.4 is 0 Å². The van der Waals surface area contributed by atoms with E-state index in [1.165, 1.54) is 38.5 Å². The van der Waals surface area contributed by atoms with Gasteiger partial charge in [0.1, 0.15) is 6.42 Å². The van der Waals surface area contributed by atoms with Gasteiger partial charge in [-0.05, 0) is 32.1 Å². The van der Waals surface area contributed by atoms with Crippen LogP contribution in [0.15, 0.2) is 12.2 Å². The van der Waals surface area contributed by atoms with Crippen molar-refractivity contribution in [3.05, 3.63) is 12.2 Å². The van der Waals surface area contributed by atoms with Gasteiger partial charge in [-0.25, -0.2) is 0 Å². The van der Waals surface area contributed by atoms with E-state index in [9.17, 15) is 18.0 Å². The average Bonchev–Trinajstić information content (AvgIpc) is 2.42. The van der Waals surface area contributed by atoms with Gasteiger partial charge in [0.25, 0.3) is 0 Å². The lowest BCUT2D eigenvalue weighted by Gasteiger charge is -2.06. The van der Waals surface area contributed by atoms with Crippen LogP contribution in [0.4, 0.5) is 13.2 Å². The summed E-state index contributed by atoms with van der Waals surface area (Å²) in [5.41, 5.74) is 0. The third-order valence-corrected chi connectivity index (χ3v) is 3.26. The van der Waals surface area contributed by atoms with Gasteiger partial charge < -0.3 is 4.74 Å². The van der Waals surface area contributed by atoms with Crippen LogP contribution in [0, 0.1) is 0 Å². The third-order valence-electron chi connectivity index (χ3n) is 3.26. The van der Waals surface area contributed by atoms with Gasteiger partial charge in [0.05, 0.1) is 6.61 Å². The van der Waals surface area contributed by atoms with E-state index < -0.39 is 18.6 Å². The highest BCUT2D eigenvalue weighted by Gasteiger charge is 2.31. The summed E-state index contributed by atoms with van der Waals surface area (Å²) in [5, 5.41) is 0. The number of halogens is 3. The second-order valence-corrected chi connectivity index (χ2v) is 5.54. The maximum Gasteiger partial charge on any atom is 0.399 e. The van der Waals surface area contributed by atoms with Gasteiger partial charge in [-0.2, -0.15) is 13.2 Å². The smallest absolute Gasteiger partial charge is 0.399 e. The predicted molar refractivity (Wildman–Crippen MR) is 82.6 cm³/mol. The molecule has 0 aliphatic carbocycles. The molecule has 0 N–H and O–H groups in total. The van der Waals surface area contributed by atoms with Gasteiger partial charge in [0.2, 0.25) is 0 Å². The SMILES string of the molecule is CCCCCCCC/C=C/CCCCOC(=O)CC(F)(F)F. The molecule has 0 bridgehead atoms. The molecule has 0 aromatic rings. The van der Waals surface area contributed by atoms with E-state index in [0.29, 0.717) is 6.42 Å². The second-order valence-electron chi connectivity index (χ2n) is 5.54. The van der Waals surface area contributed by atoms with Crippen LogP contribution in [0.25, 0.3) is 0 Å². The number of carbonyl (C=O) groups is 1. The summed E-state index contributed by atoms with van der Waals surface area (Å²) in [5.74, 6) is -1.19. The normalized spacial score (nSPS) is 12.0. The Morgan fingerprint density at radius 2 is 1.45 bits per heavy atom. The second kappa shape index (κ2) is 13.6. The molecule has 0 saturated carbocycles. The first-order chi connectivity index (χ1) is 10.5. The van der Waals surface area contributed by atoms with E-state index in [4.69, 9.17) is 0 Å². The molecule has 0 aromatic heterocycles. The van der Waals surface area contributed by atoms with Crippen LogP contribution >= 0.6 is 0 Å². The Kier molecular flexibility index (Phi) is 13.0. The van der Waals surface area contributed by atoms with Crippen molar-refractivity contribution in [2.75, 3.05) is 6.61 Å². The Labute approximate surface area is 132 Å². The molecule has 0 radical (unpaired) electrons. The van der Waals surface area contributed by atoms with Gasteiger partial charge in [-0.15, -0.1) is 0 Å². The van der Waals surface area contributed by atoms with Gasteiger partial charge in [0, 0.05) is 0 Å². The molecule has 22 heavy (non-hydrogen) atoms. The van der Waals surface area contributed by atoms with E-state index in [1.807, 2.05) is 0 Å². The molecule has 0 atom stereocenters. The fourth-order valence-electron chi connectivity index (χ4n) is 2.04. The highest BCUT2D eigenvalue weighted by atomic mass is 19.4. The topological polar surface area (TPSA) is 26.3 Å². The Balaban J connectivity index is 3.29. The molecule has 0 unspecified atom stereocenters. The van der Waals surface area contributed by atoms with Crippen molar-refractivity contribution in [2.24, 2.45) is 0 Å². The highest BCUT2D eigenvalue weighted by Crippen LogP contribution is 2.19. The molecule has 0 spiro atoms. The molecule has 5 heteroatoms. The zero-order chi connectivity index (χ0) is 16.7. The fourth-order valence-corrected chi connectivity index (χ4v) is 2.04. The molecule has 130 valence electrons. The largest absolute Gasteiger partial charge is 0.465 e. The minimum atomic E-state index is -4.48. The molecule has 0 amide bonds. The van der Waals surface area contributed by atoms with Crippen LogP contribution in [0.1, 0.15) is 77.6 Å². The molecular weight excluding hydrogens is 293 g/mol. The molecule has 0 aliphatic heterocycles. The molecule has 0 aliphatic rings. The number of carbonyl (C=O) groups excluding carboxylic acids is 1. The van der Waals surface area contributed by atoms with Crippen LogP contribution in [0.2, 0.25) is 0 Å². The van der Waals surface area contributed by atoms with E-state index >= 15 is 0 Å². The van der Waals surface area contributed by atoms with Crippen molar-refractivity contribution in [3.63, 3.8) is 0 Å². The van der Waals surface area contributed by atoms with Crippen molar-refractivity contribution in [1.29, 1.82) is 0 Å². The van der Waals surface area contributed by atoms with Gasteiger partial charge in [0.15, 0.2) is 0 Å². The first kappa shape index (κ1) is 21.0. The van der Waals surface area contributed by atoms with Crippen molar-refractivity contribution < 1.29 is 22.7 Å². The van der Waals surface area contributed by atoms with E-state index in [-0.39, 0.29) is 6.61 Å². The Morgan fingerprint density at radius 1 is 0.909 bits per heavy atom. The minimum Gasteiger partial charge on any atom is -0.465 e. The van der Waals surface area contributed by atoms with Crippen LogP contribution in [0.3, 0.4) is 0 Å². The fraction of sp³-hybridized carbons (Fsp3) is 0.824. The molecule has 2 nitrogen and oxygen atoms in total. The number of rotatable bonds is 13. The summed E-state index contributed by atoms with van der Waals surface area (Å²) in [4.78, 5) is 10.8.